The van der Waals surface area contributed by atoms with Crippen molar-refractivity contribution in [2.24, 2.45) is 0 Å². The van der Waals surface area contributed by atoms with Crippen molar-refractivity contribution >= 4 is 16.9 Å². The molecule has 168 valence electrons. The van der Waals surface area contributed by atoms with Crippen LogP contribution in [-0.4, -0.2) is 36.3 Å². The molecule has 2 N–H and O–H groups in total. The molecule has 8 heteroatoms. The predicted molar refractivity (Wildman–Crippen MR) is 129 cm³/mol. The number of carboxylic acids is 1. The molecule has 0 saturated carbocycles. The minimum absolute atomic E-state index is 0.114. The number of nitrogens with zero attached hydrogens (tertiary/aromatic N) is 4. The van der Waals surface area contributed by atoms with Gasteiger partial charge in [-0.15, -0.1) is 10.2 Å². The monoisotopic (exact) mass is 451 g/mol. The van der Waals surface area contributed by atoms with Crippen LogP contribution in [0, 0.1) is 0 Å². The second-order valence-corrected chi connectivity index (χ2v) is 7.95. The molecule has 0 aliphatic heterocycles. The number of aryl methyl sites for hydroxylation is 1. The zero-order chi connectivity index (χ0) is 23.7. The lowest BCUT2D eigenvalue weighted by atomic mass is 9.98. The van der Waals surface area contributed by atoms with Gasteiger partial charge in [0.2, 0.25) is 5.82 Å². The van der Waals surface area contributed by atoms with Gasteiger partial charge in [0, 0.05) is 29.3 Å². The zero-order valence-corrected chi connectivity index (χ0v) is 18.4. The van der Waals surface area contributed by atoms with Gasteiger partial charge < -0.3 is 9.67 Å². The highest BCUT2D eigenvalue weighted by atomic mass is 16.4. The summed E-state index contributed by atoms with van der Waals surface area (Å²) < 4.78 is 1.86. The van der Waals surface area contributed by atoms with Crippen LogP contribution < -0.4 is 5.43 Å². The van der Waals surface area contributed by atoms with Crippen molar-refractivity contribution in [3.8, 4) is 22.5 Å². The van der Waals surface area contributed by atoms with Gasteiger partial charge in [-0.05, 0) is 40.5 Å². The first kappa shape index (κ1) is 21.3. The van der Waals surface area contributed by atoms with E-state index in [1.165, 1.54) is 6.07 Å². The van der Waals surface area contributed by atoms with Crippen molar-refractivity contribution < 1.29 is 9.90 Å². The molecule has 2 heterocycles. The second-order valence-electron chi connectivity index (χ2n) is 7.95. The number of carboxylic acid groups (broad SMARTS) is 1. The zero-order valence-electron chi connectivity index (χ0n) is 18.4. The Labute approximate surface area is 194 Å². The number of hydrogen-bond donors (Lipinski definition) is 2. The quantitative estimate of drug-likeness (QED) is 0.401. The molecular formula is C26H21N5O3. The minimum Gasteiger partial charge on any atom is -0.478 e. The van der Waals surface area contributed by atoms with Crippen molar-refractivity contribution in [2.75, 3.05) is 0 Å². The number of nitrogens with one attached hydrogen (secondary N) is 1. The molecule has 0 saturated heterocycles. The maximum absolute atomic E-state index is 12.8. The van der Waals surface area contributed by atoms with Crippen molar-refractivity contribution in [1.82, 2.24) is 25.2 Å². The molecule has 8 nitrogen and oxygen atoms in total. The Morgan fingerprint density at radius 3 is 2.44 bits per heavy atom. The fourth-order valence-electron chi connectivity index (χ4n) is 4.26. The number of benzene rings is 3. The number of aromatic amines is 1. The number of tetrazole rings is 1. The van der Waals surface area contributed by atoms with E-state index in [0.29, 0.717) is 35.3 Å². The van der Waals surface area contributed by atoms with E-state index in [9.17, 15) is 14.7 Å². The first-order chi connectivity index (χ1) is 16.6. The fraction of sp³-hybridized carbons (Fsp3) is 0.115. The van der Waals surface area contributed by atoms with Crippen LogP contribution in [0.3, 0.4) is 0 Å². The van der Waals surface area contributed by atoms with E-state index in [0.717, 1.165) is 22.3 Å². The van der Waals surface area contributed by atoms with Crippen molar-refractivity contribution in [2.45, 2.75) is 19.9 Å². The predicted octanol–water partition coefficient (Wildman–Crippen LogP) is 4.16. The largest absolute Gasteiger partial charge is 0.478 e. The highest BCUT2D eigenvalue weighted by Crippen LogP contribution is 2.30. The molecule has 2 aromatic heterocycles. The van der Waals surface area contributed by atoms with Gasteiger partial charge in [-0.2, -0.15) is 5.21 Å². The van der Waals surface area contributed by atoms with E-state index in [2.05, 4.69) is 20.6 Å². The van der Waals surface area contributed by atoms with E-state index in [1.54, 1.807) is 18.3 Å². The third kappa shape index (κ3) is 3.75. The molecular weight excluding hydrogens is 430 g/mol. The molecule has 0 bridgehead atoms. The number of rotatable bonds is 6. The van der Waals surface area contributed by atoms with Crippen LogP contribution in [-0.2, 0) is 13.0 Å². The fourth-order valence-corrected chi connectivity index (χ4v) is 4.26. The molecule has 0 unspecified atom stereocenters. The average molecular weight is 451 g/mol. The van der Waals surface area contributed by atoms with Crippen LogP contribution in [0.15, 0.2) is 77.7 Å². The van der Waals surface area contributed by atoms with Crippen molar-refractivity contribution in [3.63, 3.8) is 0 Å². The number of hydrogen-bond acceptors (Lipinski definition) is 5. The van der Waals surface area contributed by atoms with Gasteiger partial charge in [0.15, 0.2) is 5.43 Å². The molecule has 5 rings (SSSR count). The van der Waals surface area contributed by atoms with Crippen molar-refractivity contribution in [1.29, 1.82) is 0 Å². The van der Waals surface area contributed by atoms with Gasteiger partial charge in [0.25, 0.3) is 0 Å². The standard InChI is InChI=1S/C26H21N5O3/c1-2-17-15-31(23-21(24(17)32)8-5-9-22(23)26(33)34)14-16-10-12-18(13-11-16)19-6-3-4-7-20(19)25-27-29-30-28-25/h3-13,15H,2,14H2,1H3,(H,33,34)(H,27,28,29,30). The Hall–Kier alpha value is -4.59. The number of para-hydroxylation sites is 1. The lowest BCUT2D eigenvalue weighted by molar-refractivity contribution is 0.0698. The van der Waals surface area contributed by atoms with Gasteiger partial charge in [-0.1, -0.05) is 61.5 Å². The minimum atomic E-state index is -1.06. The lowest BCUT2D eigenvalue weighted by Crippen LogP contribution is -2.17. The number of aromatic nitrogens is 5. The van der Waals surface area contributed by atoms with Gasteiger partial charge in [0.1, 0.15) is 0 Å². The lowest BCUT2D eigenvalue weighted by Gasteiger charge is -2.15. The Balaban J connectivity index is 1.56. The van der Waals surface area contributed by atoms with E-state index in [-0.39, 0.29) is 11.0 Å². The van der Waals surface area contributed by atoms with Crippen LogP contribution in [0.5, 0.6) is 0 Å². The summed E-state index contributed by atoms with van der Waals surface area (Å²) in [6.45, 7) is 2.35. The number of pyridine rings is 1. The summed E-state index contributed by atoms with van der Waals surface area (Å²) in [4.78, 5) is 24.7. The van der Waals surface area contributed by atoms with E-state index >= 15 is 0 Å². The summed E-state index contributed by atoms with van der Waals surface area (Å²) >= 11 is 0. The average Bonchev–Trinajstić information content (AvgIpc) is 3.41. The topological polar surface area (TPSA) is 114 Å². The van der Waals surface area contributed by atoms with Crippen LogP contribution in [0.25, 0.3) is 33.4 Å². The van der Waals surface area contributed by atoms with Gasteiger partial charge in [-0.25, -0.2) is 4.79 Å². The third-order valence-electron chi connectivity index (χ3n) is 5.91. The Bertz CT molecular complexity index is 1550. The summed E-state index contributed by atoms with van der Waals surface area (Å²) in [6.07, 6.45) is 2.34. The smallest absolute Gasteiger partial charge is 0.337 e. The van der Waals surface area contributed by atoms with Crippen LogP contribution in [0.1, 0.15) is 28.4 Å². The highest BCUT2D eigenvalue weighted by molar-refractivity contribution is 6.02. The maximum Gasteiger partial charge on any atom is 0.337 e. The van der Waals surface area contributed by atoms with Crippen LogP contribution in [0.4, 0.5) is 0 Å². The second kappa shape index (κ2) is 8.74. The number of carbonyl (C=O) groups is 1. The molecule has 0 radical (unpaired) electrons. The van der Waals surface area contributed by atoms with E-state index < -0.39 is 5.97 Å². The highest BCUT2D eigenvalue weighted by Gasteiger charge is 2.16. The Kier molecular flexibility index (Phi) is 5.47. The molecule has 0 aliphatic carbocycles. The summed E-state index contributed by atoms with van der Waals surface area (Å²) in [5.74, 6) is -0.538. The Morgan fingerprint density at radius 2 is 1.76 bits per heavy atom. The van der Waals surface area contributed by atoms with E-state index in [4.69, 9.17) is 0 Å². The molecule has 0 fully saturated rings. The molecule has 0 aliphatic rings. The molecule has 0 atom stereocenters. The maximum atomic E-state index is 12.8. The Morgan fingerprint density at radius 1 is 1.00 bits per heavy atom. The van der Waals surface area contributed by atoms with E-state index in [1.807, 2.05) is 60.0 Å². The molecule has 0 amide bonds. The van der Waals surface area contributed by atoms with Crippen molar-refractivity contribution in [3.05, 3.63) is 99.8 Å². The third-order valence-corrected chi connectivity index (χ3v) is 5.91. The number of aromatic carboxylic acids is 1. The number of fused-ring (bicyclic) bond motifs is 1. The molecule has 34 heavy (non-hydrogen) atoms. The van der Waals surface area contributed by atoms with Gasteiger partial charge in [0.05, 0.1) is 11.1 Å². The normalized spacial score (nSPS) is 11.1. The van der Waals surface area contributed by atoms with Crippen LogP contribution >= 0.6 is 0 Å². The first-order valence-corrected chi connectivity index (χ1v) is 10.9. The molecule has 3 aromatic carbocycles. The molecule has 5 aromatic rings. The summed E-state index contributed by atoms with van der Waals surface area (Å²) in [5, 5.41) is 24.5. The first-order valence-electron chi connectivity index (χ1n) is 10.9. The summed E-state index contributed by atoms with van der Waals surface area (Å²) in [5.41, 5.74) is 4.90. The summed E-state index contributed by atoms with van der Waals surface area (Å²) in [6, 6.07) is 20.7. The number of H-pyrrole nitrogens is 1. The van der Waals surface area contributed by atoms with Gasteiger partial charge in [-0.3, -0.25) is 4.79 Å². The summed E-state index contributed by atoms with van der Waals surface area (Å²) in [7, 11) is 0. The molecule has 0 spiro atoms. The van der Waals surface area contributed by atoms with Gasteiger partial charge >= 0.3 is 5.97 Å². The SMILES string of the molecule is CCc1cn(Cc2ccc(-c3ccccc3-c3nn[nH]n3)cc2)c2c(C(=O)O)cccc2c1=O. The van der Waals surface area contributed by atoms with Crippen LogP contribution in [0.2, 0.25) is 0 Å².